The number of rotatable bonds is 1. The molecule has 0 spiro atoms. The molecule has 0 aromatic heterocycles. The molecule has 74 valence electrons. The molecule has 0 aliphatic carbocycles. The number of carbonyl (C=O) groups is 1. The number of amides is 1. The Morgan fingerprint density at radius 1 is 1.29 bits per heavy atom. The second-order valence-electron chi connectivity index (χ2n) is 3.59. The molecule has 3 heteroatoms. The van der Waals surface area contributed by atoms with Gasteiger partial charge in [-0.1, -0.05) is 12.1 Å². The number of halogens is 1. The van der Waals surface area contributed by atoms with Gasteiger partial charge in [0.2, 0.25) is 5.91 Å². The van der Waals surface area contributed by atoms with Gasteiger partial charge in [0.05, 0.1) is 0 Å². The summed E-state index contributed by atoms with van der Waals surface area (Å²) in [5.74, 6) is 0.241. The minimum atomic E-state index is -0.214. The summed E-state index contributed by atoms with van der Waals surface area (Å²) in [4.78, 5) is 10.9. The fourth-order valence-corrected chi connectivity index (χ4v) is 1.75. The summed E-state index contributed by atoms with van der Waals surface area (Å²) in [5, 5.41) is 2.81. The van der Waals surface area contributed by atoms with Gasteiger partial charge in [0.25, 0.3) is 0 Å². The summed E-state index contributed by atoms with van der Waals surface area (Å²) in [6.45, 7) is 0.671. The lowest BCUT2D eigenvalue weighted by Crippen LogP contribution is -2.33. The van der Waals surface area contributed by atoms with Gasteiger partial charge >= 0.3 is 0 Å². The summed E-state index contributed by atoms with van der Waals surface area (Å²) in [6, 6.07) is 6.51. The van der Waals surface area contributed by atoms with Crippen LogP contribution in [0, 0.1) is 5.82 Å². The molecule has 0 radical (unpaired) electrons. The van der Waals surface area contributed by atoms with Crippen molar-refractivity contribution in [1.29, 1.82) is 0 Å². The van der Waals surface area contributed by atoms with Crippen molar-refractivity contribution in [3.8, 4) is 0 Å². The van der Waals surface area contributed by atoms with Crippen molar-refractivity contribution in [2.45, 2.75) is 18.8 Å². The largest absolute Gasteiger partial charge is 0.355 e. The summed E-state index contributed by atoms with van der Waals surface area (Å²) in [5.41, 5.74) is 1.10. The van der Waals surface area contributed by atoms with Crippen molar-refractivity contribution in [3.05, 3.63) is 35.6 Å². The molecule has 1 aromatic rings. The molecule has 14 heavy (non-hydrogen) atoms. The number of nitrogens with one attached hydrogen (secondary N) is 1. The van der Waals surface area contributed by atoms with Crippen molar-refractivity contribution in [2.24, 2.45) is 0 Å². The second kappa shape index (κ2) is 3.78. The van der Waals surface area contributed by atoms with E-state index in [0.717, 1.165) is 12.0 Å². The van der Waals surface area contributed by atoms with Crippen LogP contribution in [0.5, 0.6) is 0 Å². The van der Waals surface area contributed by atoms with Crippen LogP contribution >= 0.6 is 0 Å². The molecule has 1 N–H and O–H groups in total. The second-order valence-corrected chi connectivity index (χ2v) is 3.59. The van der Waals surface area contributed by atoms with Gasteiger partial charge in [0.15, 0.2) is 0 Å². The monoisotopic (exact) mass is 193 g/mol. The predicted octanol–water partition coefficient (Wildman–Crippen LogP) is 1.82. The quantitative estimate of drug-likeness (QED) is 0.724. The van der Waals surface area contributed by atoms with E-state index in [9.17, 15) is 9.18 Å². The van der Waals surface area contributed by atoms with Gasteiger partial charge in [-0.15, -0.1) is 0 Å². The lowest BCUT2D eigenvalue weighted by Gasteiger charge is -2.22. The van der Waals surface area contributed by atoms with Gasteiger partial charge in [-0.05, 0) is 24.1 Å². The Morgan fingerprint density at radius 2 is 2.00 bits per heavy atom. The molecule has 2 rings (SSSR count). The number of benzene rings is 1. The van der Waals surface area contributed by atoms with Gasteiger partial charge in [0.1, 0.15) is 5.82 Å². The van der Waals surface area contributed by atoms with Crippen LogP contribution < -0.4 is 5.32 Å². The lowest BCUT2D eigenvalue weighted by molar-refractivity contribution is -0.122. The molecule has 2 nitrogen and oxygen atoms in total. The fraction of sp³-hybridized carbons (Fsp3) is 0.364. The minimum Gasteiger partial charge on any atom is -0.355 e. The first kappa shape index (κ1) is 9.19. The zero-order valence-corrected chi connectivity index (χ0v) is 7.79. The van der Waals surface area contributed by atoms with Crippen LogP contribution in [0.4, 0.5) is 4.39 Å². The van der Waals surface area contributed by atoms with E-state index in [2.05, 4.69) is 5.32 Å². The summed E-state index contributed by atoms with van der Waals surface area (Å²) in [7, 11) is 0. The topological polar surface area (TPSA) is 29.1 Å². The van der Waals surface area contributed by atoms with Crippen molar-refractivity contribution in [2.75, 3.05) is 6.54 Å². The molecule has 1 heterocycles. The molecule has 1 aliphatic heterocycles. The molecular weight excluding hydrogens is 181 g/mol. The van der Waals surface area contributed by atoms with Crippen LogP contribution in [0.25, 0.3) is 0 Å². The Morgan fingerprint density at radius 3 is 2.57 bits per heavy atom. The average Bonchev–Trinajstić information content (AvgIpc) is 2.21. The molecule has 1 unspecified atom stereocenters. The van der Waals surface area contributed by atoms with E-state index in [0.29, 0.717) is 18.9 Å². The van der Waals surface area contributed by atoms with E-state index >= 15 is 0 Å². The summed E-state index contributed by atoms with van der Waals surface area (Å²) >= 11 is 0. The van der Waals surface area contributed by atoms with Crippen molar-refractivity contribution in [1.82, 2.24) is 5.32 Å². The molecule has 0 saturated carbocycles. The van der Waals surface area contributed by atoms with E-state index in [1.54, 1.807) is 12.1 Å². The van der Waals surface area contributed by atoms with Crippen molar-refractivity contribution in [3.63, 3.8) is 0 Å². The number of piperidine rings is 1. The van der Waals surface area contributed by atoms with Gasteiger partial charge in [-0.3, -0.25) is 4.79 Å². The average molecular weight is 193 g/mol. The number of carbonyl (C=O) groups excluding carboxylic acids is 1. The zero-order valence-electron chi connectivity index (χ0n) is 7.79. The SMILES string of the molecule is O=C1CCC(c2ccc(F)cc2)CN1. The highest BCUT2D eigenvalue weighted by atomic mass is 19.1. The van der Waals surface area contributed by atoms with Crippen LogP contribution in [0.3, 0.4) is 0 Å². The maximum atomic E-state index is 12.6. The fourth-order valence-electron chi connectivity index (χ4n) is 1.75. The molecule has 1 fully saturated rings. The maximum absolute atomic E-state index is 12.6. The van der Waals surface area contributed by atoms with Crippen LogP contribution in [0.1, 0.15) is 24.3 Å². The van der Waals surface area contributed by atoms with Gasteiger partial charge in [-0.2, -0.15) is 0 Å². The summed E-state index contributed by atoms with van der Waals surface area (Å²) in [6.07, 6.45) is 1.43. The van der Waals surface area contributed by atoms with E-state index < -0.39 is 0 Å². The molecule has 1 amide bonds. The third-order valence-corrected chi connectivity index (χ3v) is 2.61. The van der Waals surface area contributed by atoms with Gasteiger partial charge in [-0.25, -0.2) is 4.39 Å². The number of hydrogen-bond donors (Lipinski definition) is 1. The molecule has 0 bridgehead atoms. The Hall–Kier alpha value is -1.38. The molecule has 1 aliphatic rings. The highest BCUT2D eigenvalue weighted by Gasteiger charge is 2.19. The van der Waals surface area contributed by atoms with E-state index in [-0.39, 0.29) is 11.7 Å². The highest BCUT2D eigenvalue weighted by Crippen LogP contribution is 2.23. The van der Waals surface area contributed by atoms with Crippen LogP contribution in [-0.2, 0) is 4.79 Å². The Bertz CT molecular complexity index is 324. The van der Waals surface area contributed by atoms with Crippen LogP contribution in [-0.4, -0.2) is 12.5 Å². The summed E-state index contributed by atoms with van der Waals surface area (Å²) < 4.78 is 12.6. The van der Waals surface area contributed by atoms with Crippen molar-refractivity contribution < 1.29 is 9.18 Å². The van der Waals surface area contributed by atoms with Crippen LogP contribution in [0.15, 0.2) is 24.3 Å². The van der Waals surface area contributed by atoms with E-state index in [1.165, 1.54) is 12.1 Å². The van der Waals surface area contributed by atoms with E-state index in [4.69, 9.17) is 0 Å². The molecule has 1 aromatic carbocycles. The van der Waals surface area contributed by atoms with Crippen molar-refractivity contribution >= 4 is 5.91 Å². The molecular formula is C11H12FNO. The standard InChI is InChI=1S/C11H12FNO/c12-10-4-1-8(2-5-10)9-3-6-11(14)13-7-9/h1-2,4-5,9H,3,6-7H2,(H,13,14). The number of hydrogen-bond acceptors (Lipinski definition) is 1. The molecule has 1 atom stereocenters. The Labute approximate surface area is 82.1 Å². The normalized spacial score (nSPS) is 21.8. The van der Waals surface area contributed by atoms with Crippen LogP contribution in [0.2, 0.25) is 0 Å². The predicted molar refractivity (Wildman–Crippen MR) is 51.4 cm³/mol. The zero-order chi connectivity index (χ0) is 9.97. The maximum Gasteiger partial charge on any atom is 0.220 e. The third-order valence-electron chi connectivity index (χ3n) is 2.61. The Kier molecular flexibility index (Phi) is 2.48. The minimum absolute atomic E-state index is 0.114. The molecule has 1 saturated heterocycles. The van der Waals surface area contributed by atoms with E-state index in [1.807, 2.05) is 0 Å². The lowest BCUT2D eigenvalue weighted by atomic mass is 9.91. The van der Waals surface area contributed by atoms with Gasteiger partial charge in [0, 0.05) is 18.9 Å². The highest BCUT2D eigenvalue weighted by molar-refractivity contribution is 5.76. The first-order valence-electron chi connectivity index (χ1n) is 4.78. The van der Waals surface area contributed by atoms with Gasteiger partial charge < -0.3 is 5.32 Å². The Balaban J connectivity index is 2.08. The first-order chi connectivity index (χ1) is 6.75. The first-order valence-corrected chi connectivity index (χ1v) is 4.78. The smallest absolute Gasteiger partial charge is 0.220 e. The third kappa shape index (κ3) is 1.92.